The molecule has 0 fully saturated rings. The van der Waals surface area contributed by atoms with Crippen LogP contribution in [0, 0.1) is 6.92 Å². The van der Waals surface area contributed by atoms with Crippen molar-refractivity contribution in [3.8, 4) is 0 Å². The third kappa shape index (κ3) is 5.44. The number of hydrogen-bond donors (Lipinski definition) is 2. The second-order valence-corrected chi connectivity index (χ2v) is 5.50. The van der Waals surface area contributed by atoms with Crippen molar-refractivity contribution in [2.75, 3.05) is 17.2 Å². The van der Waals surface area contributed by atoms with Crippen LogP contribution >= 0.6 is 0 Å². The quantitative estimate of drug-likeness (QED) is 0.762. The van der Waals surface area contributed by atoms with Gasteiger partial charge in [-0.15, -0.1) is 0 Å². The monoisotopic (exact) mass is 352 g/mol. The molecular formula is C17H19F3N4O. The minimum Gasteiger partial charge on any atom is -0.370 e. The molecule has 0 aliphatic carbocycles. The van der Waals surface area contributed by atoms with Crippen molar-refractivity contribution in [3.63, 3.8) is 0 Å². The smallest absolute Gasteiger partial charge is 0.370 e. The van der Waals surface area contributed by atoms with Gasteiger partial charge in [0.1, 0.15) is 17.3 Å². The SMILES string of the molecule is CCCCNc1cc(C(=O)Nc2cccc(C(F)(F)F)c2)nc(C)n1. The second kappa shape index (κ2) is 7.96. The molecule has 0 unspecified atom stereocenters. The van der Waals surface area contributed by atoms with Gasteiger partial charge in [0.15, 0.2) is 0 Å². The summed E-state index contributed by atoms with van der Waals surface area (Å²) in [4.78, 5) is 20.5. The van der Waals surface area contributed by atoms with Gasteiger partial charge in [-0.1, -0.05) is 19.4 Å². The predicted molar refractivity (Wildman–Crippen MR) is 89.6 cm³/mol. The standard InChI is InChI=1S/C17H19F3N4O/c1-3-4-8-21-15-10-14(22-11(2)23-15)16(25)24-13-7-5-6-12(9-13)17(18,19)20/h5-7,9-10H,3-4,8H2,1-2H3,(H,24,25)(H,21,22,23). The molecule has 25 heavy (non-hydrogen) atoms. The first-order chi connectivity index (χ1) is 11.8. The molecule has 1 aromatic heterocycles. The van der Waals surface area contributed by atoms with E-state index in [0.29, 0.717) is 18.2 Å². The summed E-state index contributed by atoms with van der Waals surface area (Å²) in [6.07, 6.45) is -2.50. The van der Waals surface area contributed by atoms with Crippen molar-refractivity contribution < 1.29 is 18.0 Å². The number of rotatable bonds is 6. The number of hydrogen-bond acceptors (Lipinski definition) is 4. The zero-order valence-electron chi connectivity index (χ0n) is 13.9. The summed E-state index contributed by atoms with van der Waals surface area (Å²) < 4.78 is 38.2. The fourth-order valence-corrected chi connectivity index (χ4v) is 2.14. The fourth-order valence-electron chi connectivity index (χ4n) is 2.14. The van der Waals surface area contributed by atoms with Crippen LogP contribution in [0.15, 0.2) is 30.3 Å². The summed E-state index contributed by atoms with van der Waals surface area (Å²) in [7, 11) is 0. The zero-order valence-corrected chi connectivity index (χ0v) is 13.9. The third-order valence-electron chi connectivity index (χ3n) is 3.35. The summed E-state index contributed by atoms with van der Waals surface area (Å²) >= 11 is 0. The van der Waals surface area contributed by atoms with Gasteiger partial charge in [-0.05, 0) is 31.5 Å². The Kier molecular flexibility index (Phi) is 5.95. The first kappa shape index (κ1) is 18.7. The van der Waals surface area contributed by atoms with Gasteiger partial charge in [0.2, 0.25) is 0 Å². The predicted octanol–water partition coefficient (Wildman–Crippen LogP) is 4.27. The number of nitrogens with zero attached hydrogens (tertiary/aromatic N) is 2. The summed E-state index contributed by atoms with van der Waals surface area (Å²) in [6, 6.07) is 5.93. The van der Waals surface area contributed by atoms with E-state index in [9.17, 15) is 18.0 Å². The van der Waals surface area contributed by atoms with Crippen molar-refractivity contribution in [1.82, 2.24) is 9.97 Å². The Morgan fingerprint density at radius 3 is 2.64 bits per heavy atom. The van der Waals surface area contributed by atoms with E-state index in [1.165, 1.54) is 18.2 Å². The molecule has 0 aliphatic rings. The lowest BCUT2D eigenvalue weighted by atomic mass is 10.2. The Balaban J connectivity index is 2.15. The molecule has 1 amide bonds. The lowest BCUT2D eigenvalue weighted by molar-refractivity contribution is -0.137. The molecule has 0 spiro atoms. The lowest BCUT2D eigenvalue weighted by Crippen LogP contribution is -2.16. The number of alkyl halides is 3. The van der Waals surface area contributed by atoms with E-state index in [2.05, 4.69) is 27.5 Å². The number of benzene rings is 1. The summed E-state index contributed by atoms with van der Waals surface area (Å²) in [5.41, 5.74) is -0.688. The third-order valence-corrected chi connectivity index (χ3v) is 3.35. The van der Waals surface area contributed by atoms with Crippen LogP contribution in [-0.4, -0.2) is 22.4 Å². The summed E-state index contributed by atoms with van der Waals surface area (Å²) in [5.74, 6) is 0.314. The van der Waals surface area contributed by atoms with Crippen LogP contribution in [0.1, 0.15) is 41.6 Å². The van der Waals surface area contributed by atoms with Gasteiger partial charge in [-0.25, -0.2) is 9.97 Å². The molecule has 0 radical (unpaired) electrons. The van der Waals surface area contributed by atoms with Crippen LogP contribution in [0.3, 0.4) is 0 Å². The highest BCUT2D eigenvalue weighted by Crippen LogP contribution is 2.30. The number of unbranched alkanes of at least 4 members (excludes halogenated alkanes) is 1. The average Bonchev–Trinajstić information content (AvgIpc) is 2.54. The van der Waals surface area contributed by atoms with Gasteiger partial charge in [0.25, 0.3) is 5.91 Å². The molecule has 8 heteroatoms. The van der Waals surface area contributed by atoms with Crippen LogP contribution in [0.25, 0.3) is 0 Å². The lowest BCUT2D eigenvalue weighted by Gasteiger charge is -2.11. The topological polar surface area (TPSA) is 66.9 Å². The highest BCUT2D eigenvalue weighted by molar-refractivity contribution is 6.03. The maximum Gasteiger partial charge on any atom is 0.416 e. The van der Waals surface area contributed by atoms with Crippen LogP contribution in [0.5, 0.6) is 0 Å². The number of carbonyl (C=O) groups is 1. The molecule has 2 N–H and O–H groups in total. The molecule has 1 aromatic carbocycles. The zero-order chi connectivity index (χ0) is 18.4. The first-order valence-electron chi connectivity index (χ1n) is 7.87. The highest BCUT2D eigenvalue weighted by Gasteiger charge is 2.30. The molecule has 2 rings (SSSR count). The van der Waals surface area contributed by atoms with Crippen molar-refractivity contribution in [3.05, 3.63) is 47.4 Å². The molecule has 0 saturated heterocycles. The maximum absolute atomic E-state index is 12.7. The highest BCUT2D eigenvalue weighted by atomic mass is 19.4. The van der Waals surface area contributed by atoms with Crippen molar-refractivity contribution in [2.45, 2.75) is 32.9 Å². The number of amides is 1. The van der Waals surface area contributed by atoms with Crippen molar-refractivity contribution in [2.24, 2.45) is 0 Å². The molecule has 0 saturated carbocycles. The maximum atomic E-state index is 12.7. The van der Waals surface area contributed by atoms with E-state index < -0.39 is 17.6 Å². The van der Waals surface area contributed by atoms with Gasteiger partial charge in [0, 0.05) is 18.3 Å². The number of nitrogens with one attached hydrogen (secondary N) is 2. The van der Waals surface area contributed by atoms with Crippen molar-refractivity contribution in [1.29, 1.82) is 0 Å². The van der Waals surface area contributed by atoms with E-state index in [0.717, 1.165) is 25.0 Å². The molecule has 0 bridgehead atoms. The van der Waals surface area contributed by atoms with E-state index in [4.69, 9.17) is 0 Å². The normalized spacial score (nSPS) is 11.2. The van der Waals surface area contributed by atoms with E-state index in [1.807, 2.05) is 0 Å². The largest absolute Gasteiger partial charge is 0.416 e. The second-order valence-electron chi connectivity index (χ2n) is 5.50. The van der Waals surface area contributed by atoms with Gasteiger partial charge in [-0.2, -0.15) is 13.2 Å². The summed E-state index contributed by atoms with van der Waals surface area (Å²) in [5, 5.41) is 5.53. The average molecular weight is 352 g/mol. The van der Waals surface area contributed by atoms with Gasteiger partial charge in [-0.3, -0.25) is 4.79 Å². The van der Waals surface area contributed by atoms with E-state index >= 15 is 0 Å². The molecule has 134 valence electrons. The Bertz CT molecular complexity index is 747. The van der Waals surface area contributed by atoms with E-state index in [1.54, 1.807) is 6.92 Å². The van der Waals surface area contributed by atoms with E-state index in [-0.39, 0.29) is 11.4 Å². The number of anilines is 2. The Morgan fingerprint density at radius 2 is 1.96 bits per heavy atom. The summed E-state index contributed by atoms with van der Waals surface area (Å²) in [6.45, 7) is 4.41. The van der Waals surface area contributed by atoms with Crippen LogP contribution < -0.4 is 10.6 Å². The molecule has 1 heterocycles. The molecule has 0 atom stereocenters. The molecule has 5 nitrogen and oxygen atoms in total. The number of halogens is 3. The van der Waals surface area contributed by atoms with Gasteiger partial charge in [0.05, 0.1) is 5.56 Å². The van der Waals surface area contributed by atoms with Gasteiger partial charge >= 0.3 is 6.18 Å². The van der Waals surface area contributed by atoms with Crippen LogP contribution in [0.2, 0.25) is 0 Å². The minimum absolute atomic E-state index is 0.0524. The van der Waals surface area contributed by atoms with Crippen molar-refractivity contribution >= 4 is 17.4 Å². The fraction of sp³-hybridized carbons (Fsp3) is 0.353. The number of aryl methyl sites for hydroxylation is 1. The molecular weight excluding hydrogens is 333 g/mol. The Hall–Kier alpha value is -2.64. The number of aromatic nitrogens is 2. The Labute approximate surface area is 143 Å². The number of carbonyl (C=O) groups excluding carboxylic acids is 1. The molecule has 0 aliphatic heterocycles. The van der Waals surface area contributed by atoms with Crippen LogP contribution in [-0.2, 0) is 6.18 Å². The first-order valence-corrected chi connectivity index (χ1v) is 7.87. The minimum atomic E-state index is -4.47. The molecule has 2 aromatic rings. The van der Waals surface area contributed by atoms with Gasteiger partial charge < -0.3 is 10.6 Å². The Morgan fingerprint density at radius 1 is 1.20 bits per heavy atom. The van der Waals surface area contributed by atoms with Crippen LogP contribution in [0.4, 0.5) is 24.7 Å².